The Morgan fingerprint density at radius 2 is 2.32 bits per heavy atom. The van der Waals surface area contributed by atoms with Crippen molar-refractivity contribution in [1.29, 1.82) is 0 Å². The summed E-state index contributed by atoms with van der Waals surface area (Å²) in [7, 11) is 1.74. The summed E-state index contributed by atoms with van der Waals surface area (Å²) in [5.74, 6) is -0.641. The third kappa shape index (κ3) is 2.96. The van der Waals surface area contributed by atoms with Gasteiger partial charge in [0.25, 0.3) is 5.69 Å². The number of piperidine rings is 1. The molecule has 0 bridgehead atoms. The molecule has 1 saturated heterocycles. The molecule has 0 spiro atoms. The van der Waals surface area contributed by atoms with E-state index < -0.39 is 10.7 Å². The number of benzene rings is 1. The lowest BCUT2D eigenvalue weighted by molar-refractivity contribution is -0.384. The van der Waals surface area contributed by atoms with Crippen LogP contribution in [0.25, 0.3) is 0 Å². The number of anilines is 1. The van der Waals surface area contributed by atoms with Crippen LogP contribution in [-0.2, 0) is 0 Å². The molecule has 2 rings (SSSR count). The molecular weight excluding hydrogens is 273 g/mol. The number of halogens is 2. The van der Waals surface area contributed by atoms with Crippen LogP contribution in [0.2, 0.25) is 5.02 Å². The first-order chi connectivity index (χ1) is 9.00. The molecule has 0 aliphatic carbocycles. The molecular formula is C12H15ClFN3O2. The minimum atomic E-state index is -0.641. The zero-order valence-electron chi connectivity index (χ0n) is 10.5. The zero-order valence-corrected chi connectivity index (χ0v) is 11.3. The molecule has 1 N–H and O–H groups in total. The van der Waals surface area contributed by atoms with Crippen LogP contribution in [0, 0.1) is 15.9 Å². The summed E-state index contributed by atoms with van der Waals surface area (Å²) in [5.41, 5.74) is 0.0973. The van der Waals surface area contributed by atoms with Gasteiger partial charge in [0.2, 0.25) is 0 Å². The maximum Gasteiger partial charge on any atom is 0.294 e. The number of nitrogens with one attached hydrogen (secondary N) is 1. The third-order valence-electron chi connectivity index (χ3n) is 3.41. The summed E-state index contributed by atoms with van der Waals surface area (Å²) in [4.78, 5) is 12.3. The first-order valence-corrected chi connectivity index (χ1v) is 6.45. The Labute approximate surface area is 115 Å². The smallest absolute Gasteiger partial charge is 0.294 e. The van der Waals surface area contributed by atoms with Gasteiger partial charge in [-0.05, 0) is 19.4 Å². The van der Waals surface area contributed by atoms with E-state index >= 15 is 0 Å². The molecule has 1 unspecified atom stereocenters. The van der Waals surface area contributed by atoms with Gasteiger partial charge >= 0.3 is 0 Å². The van der Waals surface area contributed by atoms with Crippen LogP contribution in [0.15, 0.2) is 12.1 Å². The van der Waals surface area contributed by atoms with E-state index in [0.29, 0.717) is 0 Å². The molecule has 0 saturated carbocycles. The van der Waals surface area contributed by atoms with Gasteiger partial charge in [0.15, 0.2) is 0 Å². The molecule has 104 valence electrons. The van der Waals surface area contributed by atoms with E-state index in [1.54, 1.807) is 11.9 Å². The Morgan fingerprint density at radius 1 is 1.58 bits per heavy atom. The van der Waals surface area contributed by atoms with Gasteiger partial charge in [-0.25, -0.2) is 4.39 Å². The number of nitro groups is 1. The van der Waals surface area contributed by atoms with Crippen molar-refractivity contribution in [2.45, 2.75) is 18.9 Å². The van der Waals surface area contributed by atoms with Gasteiger partial charge in [-0.2, -0.15) is 0 Å². The lowest BCUT2D eigenvalue weighted by Crippen LogP contribution is -2.44. The minimum Gasteiger partial charge on any atom is -0.365 e. The molecule has 0 radical (unpaired) electrons. The Balaban J connectivity index is 2.36. The number of hydrogen-bond acceptors (Lipinski definition) is 4. The van der Waals surface area contributed by atoms with Crippen molar-refractivity contribution >= 4 is 23.0 Å². The van der Waals surface area contributed by atoms with Crippen molar-refractivity contribution in [3.8, 4) is 0 Å². The lowest BCUT2D eigenvalue weighted by atomic mass is 10.1. The van der Waals surface area contributed by atoms with E-state index in [-0.39, 0.29) is 22.4 Å². The Hall–Kier alpha value is -1.40. The number of hydrogen-bond donors (Lipinski definition) is 1. The molecule has 1 aliphatic heterocycles. The van der Waals surface area contributed by atoms with Gasteiger partial charge in [0.05, 0.1) is 9.95 Å². The second-order valence-corrected chi connectivity index (χ2v) is 5.03. The molecule has 7 heteroatoms. The molecule has 0 amide bonds. The van der Waals surface area contributed by atoms with E-state index in [9.17, 15) is 14.5 Å². The van der Waals surface area contributed by atoms with E-state index in [1.807, 2.05) is 0 Å². The summed E-state index contributed by atoms with van der Waals surface area (Å²) < 4.78 is 13.6. The van der Waals surface area contributed by atoms with Crippen molar-refractivity contribution in [2.75, 3.05) is 25.0 Å². The maximum absolute atomic E-state index is 13.6. The summed E-state index contributed by atoms with van der Waals surface area (Å²) in [5, 5.41) is 14.1. The van der Waals surface area contributed by atoms with Crippen LogP contribution in [-0.4, -0.2) is 31.1 Å². The molecule has 0 aromatic heterocycles. The van der Waals surface area contributed by atoms with Gasteiger partial charge < -0.3 is 10.2 Å². The Kier molecular flexibility index (Phi) is 4.21. The van der Waals surface area contributed by atoms with Crippen LogP contribution in [0.3, 0.4) is 0 Å². The maximum atomic E-state index is 13.6. The number of rotatable bonds is 3. The number of nitrogens with zero attached hydrogens (tertiary/aromatic N) is 2. The van der Waals surface area contributed by atoms with Crippen LogP contribution < -0.4 is 10.2 Å². The van der Waals surface area contributed by atoms with E-state index in [4.69, 9.17) is 11.6 Å². The predicted molar refractivity (Wildman–Crippen MR) is 72.4 cm³/mol. The first kappa shape index (κ1) is 14.0. The van der Waals surface area contributed by atoms with Gasteiger partial charge in [-0.15, -0.1) is 0 Å². The quantitative estimate of drug-likeness (QED) is 0.686. The topological polar surface area (TPSA) is 58.4 Å². The average molecular weight is 288 g/mol. The zero-order chi connectivity index (χ0) is 14.0. The molecule has 1 atom stereocenters. The van der Waals surface area contributed by atoms with Crippen molar-refractivity contribution in [3.05, 3.63) is 33.1 Å². The van der Waals surface area contributed by atoms with Gasteiger partial charge in [0, 0.05) is 31.8 Å². The predicted octanol–water partition coefficient (Wildman–Crippen LogP) is 2.58. The second-order valence-electron chi connectivity index (χ2n) is 4.62. The van der Waals surface area contributed by atoms with Crippen molar-refractivity contribution in [2.24, 2.45) is 0 Å². The van der Waals surface area contributed by atoms with Gasteiger partial charge in [-0.1, -0.05) is 11.6 Å². The molecule has 19 heavy (non-hydrogen) atoms. The summed E-state index contributed by atoms with van der Waals surface area (Å²) >= 11 is 5.61. The normalized spacial score (nSPS) is 19.2. The fourth-order valence-electron chi connectivity index (χ4n) is 2.32. The third-order valence-corrected chi connectivity index (χ3v) is 3.70. The largest absolute Gasteiger partial charge is 0.365 e. The van der Waals surface area contributed by atoms with Crippen LogP contribution in [0.4, 0.5) is 15.8 Å². The monoisotopic (exact) mass is 287 g/mol. The molecule has 1 aliphatic rings. The van der Waals surface area contributed by atoms with Gasteiger partial charge in [0.1, 0.15) is 11.5 Å². The summed E-state index contributed by atoms with van der Waals surface area (Å²) in [6, 6.07) is 2.32. The summed E-state index contributed by atoms with van der Waals surface area (Å²) in [6.45, 7) is 1.68. The number of nitro benzene ring substituents is 1. The first-order valence-electron chi connectivity index (χ1n) is 6.07. The second kappa shape index (κ2) is 5.71. The number of likely N-dealkylation sites (N-methyl/N-ethyl adjacent to an activating group) is 1. The highest BCUT2D eigenvalue weighted by molar-refractivity contribution is 6.31. The van der Waals surface area contributed by atoms with E-state index in [2.05, 4.69) is 5.32 Å². The highest BCUT2D eigenvalue weighted by atomic mass is 35.5. The fraction of sp³-hybridized carbons (Fsp3) is 0.500. The van der Waals surface area contributed by atoms with Crippen LogP contribution in [0.1, 0.15) is 12.8 Å². The highest BCUT2D eigenvalue weighted by Gasteiger charge is 2.26. The molecule has 1 heterocycles. The van der Waals surface area contributed by atoms with E-state index in [0.717, 1.165) is 38.1 Å². The van der Waals surface area contributed by atoms with Crippen molar-refractivity contribution in [1.82, 2.24) is 5.32 Å². The molecule has 1 aromatic rings. The van der Waals surface area contributed by atoms with Gasteiger partial charge in [-0.3, -0.25) is 10.1 Å². The molecule has 5 nitrogen and oxygen atoms in total. The highest BCUT2D eigenvalue weighted by Crippen LogP contribution is 2.34. The molecule has 1 aromatic carbocycles. The Bertz CT molecular complexity index is 492. The summed E-state index contributed by atoms with van der Waals surface area (Å²) in [6.07, 6.45) is 1.92. The minimum absolute atomic E-state index is 0.119. The molecule has 1 fully saturated rings. The van der Waals surface area contributed by atoms with Crippen LogP contribution >= 0.6 is 11.6 Å². The average Bonchev–Trinajstić information content (AvgIpc) is 2.41. The lowest BCUT2D eigenvalue weighted by Gasteiger charge is -2.33. The van der Waals surface area contributed by atoms with Crippen LogP contribution in [0.5, 0.6) is 0 Å². The Morgan fingerprint density at radius 3 is 2.89 bits per heavy atom. The van der Waals surface area contributed by atoms with Crippen molar-refractivity contribution < 1.29 is 9.31 Å². The SMILES string of the molecule is CN(c1cc(F)c(Cl)cc1[N+](=O)[O-])C1CCCNC1. The standard InChI is InChI=1S/C12H15ClFN3O2/c1-16(8-3-2-4-15-7-8)11-6-10(14)9(13)5-12(11)17(18)19/h5-6,8,15H,2-4,7H2,1H3. The van der Waals surface area contributed by atoms with E-state index in [1.165, 1.54) is 0 Å². The fourth-order valence-corrected chi connectivity index (χ4v) is 2.47. The van der Waals surface area contributed by atoms with Crippen molar-refractivity contribution in [3.63, 3.8) is 0 Å².